The van der Waals surface area contributed by atoms with Crippen LogP contribution in [0.15, 0.2) is 93.9 Å². The van der Waals surface area contributed by atoms with Crippen molar-refractivity contribution in [3.05, 3.63) is 128 Å². The maximum absolute atomic E-state index is 13.3. The summed E-state index contributed by atoms with van der Waals surface area (Å²) in [7, 11) is -1.53. The van der Waals surface area contributed by atoms with Gasteiger partial charge in [0.2, 0.25) is 16.6 Å². The van der Waals surface area contributed by atoms with Gasteiger partial charge in [0.1, 0.15) is 29.1 Å². The summed E-state index contributed by atoms with van der Waals surface area (Å²) in [5.41, 5.74) is 1.81. The minimum absolute atomic E-state index is 0.0704. The van der Waals surface area contributed by atoms with Crippen LogP contribution >= 0.6 is 43.5 Å². The van der Waals surface area contributed by atoms with E-state index in [1.165, 1.54) is 62.8 Å². The molecular weight excluding hydrogens is 946 g/mol. The molecule has 320 valence electrons. The van der Waals surface area contributed by atoms with Gasteiger partial charge < -0.3 is 18.3 Å². The third kappa shape index (κ3) is 15.4. The molecule has 4 rings (SSSR count). The van der Waals surface area contributed by atoms with Crippen molar-refractivity contribution < 1.29 is 46.3 Å². The molecular formula is C44H53Br2ClF2O8Si2. The van der Waals surface area contributed by atoms with E-state index in [0.717, 1.165) is 15.8 Å². The predicted molar refractivity (Wildman–Crippen MR) is 242 cm³/mol. The Bertz CT molecular complexity index is 2080. The fourth-order valence-electron chi connectivity index (χ4n) is 4.56. The van der Waals surface area contributed by atoms with Gasteiger partial charge >= 0.3 is 11.9 Å². The van der Waals surface area contributed by atoms with Crippen molar-refractivity contribution in [3.63, 3.8) is 0 Å². The Morgan fingerprint density at radius 2 is 1.07 bits per heavy atom. The van der Waals surface area contributed by atoms with Gasteiger partial charge in [0.15, 0.2) is 5.78 Å². The average Bonchev–Trinajstić information content (AvgIpc) is 3.13. The number of rotatable bonds is 11. The zero-order chi connectivity index (χ0) is 45.1. The Balaban J connectivity index is 0.000000343. The molecule has 0 saturated heterocycles. The van der Waals surface area contributed by atoms with E-state index in [4.69, 9.17) is 29.9 Å². The van der Waals surface area contributed by atoms with E-state index in [2.05, 4.69) is 99.6 Å². The average molecular weight is 999 g/mol. The molecule has 0 spiro atoms. The lowest BCUT2D eigenvalue weighted by Gasteiger charge is -2.37. The number of benzene rings is 4. The van der Waals surface area contributed by atoms with E-state index in [9.17, 15) is 28.0 Å². The second kappa shape index (κ2) is 21.7. The van der Waals surface area contributed by atoms with Crippen LogP contribution in [0.25, 0.3) is 0 Å². The Morgan fingerprint density at radius 3 is 1.49 bits per heavy atom. The number of ether oxygens (including phenoxy) is 2. The molecule has 0 saturated carbocycles. The molecule has 1 unspecified atom stereocenters. The number of hydrogen-bond acceptors (Lipinski definition) is 8. The van der Waals surface area contributed by atoms with Crippen molar-refractivity contribution in [2.24, 2.45) is 0 Å². The van der Waals surface area contributed by atoms with Crippen LogP contribution in [0.3, 0.4) is 0 Å². The van der Waals surface area contributed by atoms with Crippen LogP contribution in [-0.4, -0.2) is 53.8 Å². The van der Waals surface area contributed by atoms with Gasteiger partial charge in [-0.05, 0) is 133 Å². The van der Waals surface area contributed by atoms with Crippen LogP contribution in [0.4, 0.5) is 8.78 Å². The zero-order valence-corrected chi connectivity index (χ0v) is 41.5. The first kappa shape index (κ1) is 51.4. The number of carbonyl (C=O) groups is 4. The third-order valence-corrected chi connectivity index (χ3v) is 20.0. The van der Waals surface area contributed by atoms with Crippen molar-refractivity contribution in [1.29, 1.82) is 0 Å². The summed E-state index contributed by atoms with van der Waals surface area (Å²) in [6.07, 6.45) is 0.222. The van der Waals surface area contributed by atoms with Crippen LogP contribution < -0.4 is 8.85 Å². The summed E-state index contributed by atoms with van der Waals surface area (Å²) in [5.74, 6) is -2.23. The standard InChI is InChI=1S/C22H26BrFO4Si.C15H23BrO3Si.C7H4ClFO/c1-22(2,3)29(5,6)28-18-12-9-15(23)13-17(18)19(21(26)27-4)20(25)14-7-10-16(24)11-8-14;1-15(2,3)20(5,6)19-13-8-7-12(16)9-11(13)10-14(17)18-4;8-7(10)5-1-3-6(9)4-2-5/h7-13,19H,1-6H3;7-9H,10H2,1-6H3;1-4H. The van der Waals surface area contributed by atoms with Gasteiger partial charge in [-0.2, -0.15) is 0 Å². The maximum atomic E-state index is 13.3. The van der Waals surface area contributed by atoms with Crippen molar-refractivity contribution in [2.45, 2.75) is 90.1 Å². The lowest BCUT2D eigenvalue weighted by atomic mass is 9.90. The molecule has 1 atom stereocenters. The van der Waals surface area contributed by atoms with Crippen molar-refractivity contribution in [1.82, 2.24) is 0 Å². The van der Waals surface area contributed by atoms with E-state index in [1.807, 2.05) is 24.3 Å². The molecule has 59 heavy (non-hydrogen) atoms. The molecule has 0 heterocycles. The van der Waals surface area contributed by atoms with E-state index in [0.29, 0.717) is 21.3 Å². The first-order chi connectivity index (χ1) is 27.1. The molecule has 8 nitrogen and oxygen atoms in total. The molecule has 0 fully saturated rings. The minimum Gasteiger partial charge on any atom is -0.543 e. The molecule has 0 aliphatic carbocycles. The van der Waals surface area contributed by atoms with Crippen LogP contribution in [0.5, 0.6) is 11.5 Å². The molecule has 0 aliphatic heterocycles. The first-order valence-corrected chi connectivity index (χ1v) is 26.3. The lowest BCUT2D eigenvalue weighted by Crippen LogP contribution is -2.44. The monoisotopic (exact) mass is 996 g/mol. The summed E-state index contributed by atoms with van der Waals surface area (Å²) >= 11 is 11.9. The second-order valence-corrected chi connectivity index (χ2v) is 28.1. The fourth-order valence-corrected chi connectivity index (χ4v) is 7.57. The maximum Gasteiger partial charge on any atom is 0.321 e. The van der Waals surface area contributed by atoms with E-state index in [-0.39, 0.29) is 33.8 Å². The SMILES string of the molecule is COC(=O)C(C(=O)c1ccc(F)cc1)c1cc(Br)ccc1O[Si](C)(C)C(C)(C)C.COC(=O)Cc1cc(Br)ccc1O[Si](C)(C)C(C)(C)C.O=C(Cl)c1ccc(F)cc1. The van der Waals surface area contributed by atoms with Crippen molar-refractivity contribution in [3.8, 4) is 11.5 Å². The highest BCUT2D eigenvalue weighted by atomic mass is 79.9. The summed E-state index contributed by atoms with van der Waals surface area (Å²) < 4.78 is 49.5. The molecule has 0 amide bonds. The number of ketones is 1. The van der Waals surface area contributed by atoms with Gasteiger partial charge in [-0.1, -0.05) is 73.4 Å². The summed E-state index contributed by atoms with van der Waals surface area (Å²) in [6.45, 7) is 21.5. The molecule has 0 N–H and O–H groups in total. The van der Waals surface area contributed by atoms with Crippen LogP contribution in [0.1, 0.15) is 79.3 Å². The van der Waals surface area contributed by atoms with E-state index in [1.54, 1.807) is 12.1 Å². The zero-order valence-electron chi connectivity index (χ0n) is 35.5. The molecule has 0 aliphatic rings. The number of hydrogen-bond donors (Lipinski definition) is 0. The number of methoxy groups -OCH3 is 2. The van der Waals surface area contributed by atoms with Gasteiger partial charge in [0.25, 0.3) is 5.24 Å². The van der Waals surface area contributed by atoms with E-state index < -0.39 is 45.4 Å². The number of esters is 2. The molecule has 4 aromatic rings. The third-order valence-electron chi connectivity index (χ3n) is 10.1. The Labute approximate surface area is 370 Å². The number of halogens is 5. The molecule has 15 heteroatoms. The lowest BCUT2D eigenvalue weighted by molar-refractivity contribution is -0.141. The predicted octanol–water partition coefficient (Wildman–Crippen LogP) is 12.9. The first-order valence-electron chi connectivity index (χ1n) is 18.5. The highest BCUT2D eigenvalue weighted by Gasteiger charge is 2.42. The van der Waals surface area contributed by atoms with Crippen molar-refractivity contribution in [2.75, 3.05) is 14.2 Å². The van der Waals surface area contributed by atoms with Crippen LogP contribution in [-0.2, 0) is 25.5 Å². The van der Waals surface area contributed by atoms with Gasteiger partial charge in [0, 0.05) is 31.2 Å². The molecule has 0 bridgehead atoms. The van der Waals surface area contributed by atoms with Crippen molar-refractivity contribution >= 4 is 83.1 Å². The van der Waals surface area contributed by atoms with Gasteiger partial charge in [-0.25, -0.2) is 8.78 Å². The van der Waals surface area contributed by atoms with E-state index >= 15 is 0 Å². The van der Waals surface area contributed by atoms with Gasteiger partial charge in [-0.3, -0.25) is 19.2 Å². The molecule has 0 aromatic heterocycles. The van der Waals surface area contributed by atoms with Crippen LogP contribution in [0.2, 0.25) is 36.3 Å². The highest BCUT2D eigenvalue weighted by molar-refractivity contribution is 9.10. The van der Waals surface area contributed by atoms with Gasteiger partial charge in [-0.15, -0.1) is 0 Å². The molecule has 0 radical (unpaired) electrons. The van der Waals surface area contributed by atoms with Crippen LogP contribution in [0, 0.1) is 11.6 Å². The topological polar surface area (TPSA) is 105 Å². The normalized spacial score (nSPS) is 12.1. The highest BCUT2D eigenvalue weighted by Crippen LogP contribution is 2.41. The summed E-state index contributed by atoms with van der Waals surface area (Å²) in [4.78, 5) is 47.8. The summed E-state index contributed by atoms with van der Waals surface area (Å²) in [5, 5.41) is -0.526. The Hall–Kier alpha value is -3.70. The largest absolute Gasteiger partial charge is 0.543 e. The minimum atomic E-state index is -2.24. The smallest absolute Gasteiger partial charge is 0.321 e. The quantitative estimate of drug-likeness (QED) is 0.0481. The number of carbonyl (C=O) groups excluding carboxylic acids is 4. The fraction of sp³-hybridized carbons (Fsp3) is 0.364. The summed E-state index contributed by atoms with van der Waals surface area (Å²) in [6, 6.07) is 21.2. The second-order valence-electron chi connectivity index (χ2n) is 16.5. The Kier molecular flexibility index (Phi) is 18.9. The number of Topliss-reactive ketones (excluding diaryl/α,β-unsaturated/α-hetero) is 1. The Morgan fingerprint density at radius 1 is 0.644 bits per heavy atom. The van der Waals surface area contributed by atoms with Gasteiger partial charge in [0.05, 0.1) is 20.6 Å². The molecule has 4 aromatic carbocycles.